The molecule has 2 aromatic rings. The van der Waals surface area contributed by atoms with E-state index < -0.39 is 0 Å². The van der Waals surface area contributed by atoms with E-state index in [9.17, 15) is 4.79 Å². The van der Waals surface area contributed by atoms with Gasteiger partial charge in [0, 0.05) is 12.8 Å². The van der Waals surface area contributed by atoms with Crippen LogP contribution in [0.25, 0.3) is 0 Å². The van der Waals surface area contributed by atoms with Crippen molar-refractivity contribution >= 4 is 11.9 Å². The molecular weight excluding hydrogens is 320 g/mol. The Hall–Kier alpha value is -2.67. The number of aromatic nitrogens is 3. The van der Waals surface area contributed by atoms with E-state index in [1.54, 1.807) is 11.8 Å². The van der Waals surface area contributed by atoms with Crippen molar-refractivity contribution in [2.75, 3.05) is 25.6 Å². The predicted octanol–water partition coefficient (Wildman–Crippen LogP) is 2.32. The topological polar surface area (TPSA) is 78.3 Å². The van der Waals surface area contributed by atoms with Crippen LogP contribution >= 0.6 is 0 Å². The fourth-order valence-corrected chi connectivity index (χ4v) is 2.89. The maximum Gasteiger partial charge on any atom is 0.338 e. The van der Waals surface area contributed by atoms with Crippen molar-refractivity contribution in [2.45, 2.75) is 26.3 Å². The van der Waals surface area contributed by atoms with Gasteiger partial charge in [0.05, 0.1) is 12.2 Å². The molecule has 132 valence electrons. The van der Waals surface area contributed by atoms with Crippen LogP contribution in [0.4, 0.5) is 5.95 Å². The van der Waals surface area contributed by atoms with Gasteiger partial charge in [-0.25, -0.2) is 9.48 Å². The van der Waals surface area contributed by atoms with Gasteiger partial charge in [-0.05, 0) is 24.5 Å². The summed E-state index contributed by atoms with van der Waals surface area (Å²) in [6.45, 7) is 4.52. The summed E-state index contributed by atoms with van der Waals surface area (Å²) in [5.74, 6) is 0.225. The molecule has 0 radical (unpaired) electrons. The molecule has 0 bridgehead atoms. The van der Waals surface area contributed by atoms with E-state index in [1.807, 2.05) is 19.1 Å². The number of esters is 1. The number of carbonyl (C=O) groups is 1. The summed E-state index contributed by atoms with van der Waals surface area (Å²) < 4.78 is 12.0. The number of methoxy groups -OCH3 is 1. The van der Waals surface area contributed by atoms with Gasteiger partial charge in [0.25, 0.3) is 0 Å². The van der Waals surface area contributed by atoms with E-state index in [1.165, 1.54) is 11.9 Å². The number of benzene rings is 1. The normalized spacial score (nSPS) is 16.4. The molecule has 3 rings (SSSR count). The largest absolute Gasteiger partial charge is 0.460 e. The average Bonchev–Trinajstić information content (AvgIpc) is 3.08. The molecule has 0 saturated carbocycles. The molecule has 1 aromatic heterocycles. The summed E-state index contributed by atoms with van der Waals surface area (Å²) in [4.78, 5) is 16.9. The number of nitrogens with zero attached hydrogens (tertiary/aromatic N) is 3. The van der Waals surface area contributed by atoms with Gasteiger partial charge < -0.3 is 14.8 Å². The highest BCUT2D eigenvalue weighted by atomic mass is 16.6. The van der Waals surface area contributed by atoms with E-state index in [0.29, 0.717) is 23.8 Å². The van der Waals surface area contributed by atoms with Crippen LogP contribution in [0, 0.1) is 0 Å². The average molecular weight is 342 g/mol. The van der Waals surface area contributed by atoms with Crippen molar-refractivity contribution in [3.8, 4) is 0 Å². The molecule has 0 spiro atoms. The minimum absolute atomic E-state index is 0.206. The Morgan fingerprint density at radius 1 is 1.28 bits per heavy atom. The third-order valence-electron chi connectivity index (χ3n) is 4.24. The first-order chi connectivity index (χ1) is 12.2. The molecule has 0 unspecified atom stereocenters. The van der Waals surface area contributed by atoms with Crippen LogP contribution in [0.1, 0.15) is 31.0 Å². The number of hydrogen-bond donors (Lipinski definition) is 1. The molecule has 0 fully saturated rings. The Morgan fingerprint density at radius 2 is 2.04 bits per heavy atom. The molecule has 2 heterocycles. The molecule has 1 aromatic carbocycles. The third kappa shape index (κ3) is 3.41. The highest BCUT2D eigenvalue weighted by Gasteiger charge is 2.34. The van der Waals surface area contributed by atoms with Crippen LogP contribution in [0.15, 0.2) is 41.9 Å². The Labute approximate surface area is 146 Å². The quantitative estimate of drug-likeness (QED) is 0.641. The zero-order chi connectivity index (χ0) is 17.8. The minimum atomic E-state index is -0.382. The van der Waals surface area contributed by atoms with Crippen molar-refractivity contribution in [2.24, 2.45) is 0 Å². The molecule has 1 aliphatic rings. The van der Waals surface area contributed by atoms with Crippen LogP contribution < -0.4 is 5.32 Å². The fraction of sp³-hybridized carbons (Fsp3) is 0.389. The maximum atomic E-state index is 12.7. The Balaban J connectivity index is 1.99. The second kappa shape index (κ2) is 7.48. The molecule has 7 nitrogen and oxygen atoms in total. The summed E-state index contributed by atoms with van der Waals surface area (Å²) in [7, 11) is 1.57. The first-order valence-corrected chi connectivity index (χ1v) is 8.28. The van der Waals surface area contributed by atoms with Gasteiger partial charge in [0.15, 0.2) is 0 Å². The molecule has 25 heavy (non-hydrogen) atoms. The Kier molecular flexibility index (Phi) is 5.14. The minimum Gasteiger partial charge on any atom is -0.460 e. The van der Waals surface area contributed by atoms with Crippen molar-refractivity contribution in [1.82, 2.24) is 14.8 Å². The van der Waals surface area contributed by atoms with E-state index in [4.69, 9.17) is 9.47 Å². The second-order valence-corrected chi connectivity index (χ2v) is 5.82. The predicted molar refractivity (Wildman–Crippen MR) is 93.1 cm³/mol. The first-order valence-electron chi connectivity index (χ1n) is 8.28. The number of allylic oxidation sites excluding steroid dienone is 1. The highest BCUT2D eigenvalue weighted by molar-refractivity contribution is 5.92. The van der Waals surface area contributed by atoms with Crippen LogP contribution in [-0.2, 0) is 20.7 Å². The lowest BCUT2D eigenvalue weighted by Gasteiger charge is -2.28. The molecule has 1 N–H and O–H groups in total. The van der Waals surface area contributed by atoms with Crippen molar-refractivity contribution in [3.05, 3.63) is 53.0 Å². The maximum absolute atomic E-state index is 12.7. The van der Waals surface area contributed by atoms with Crippen LogP contribution in [0.3, 0.4) is 0 Å². The lowest BCUT2D eigenvalue weighted by molar-refractivity contribution is -0.140. The molecule has 0 aliphatic carbocycles. The van der Waals surface area contributed by atoms with Crippen molar-refractivity contribution in [3.63, 3.8) is 0 Å². The van der Waals surface area contributed by atoms with E-state index in [0.717, 1.165) is 12.0 Å². The first kappa shape index (κ1) is 17.2. The molecule has 0 saturated heterocycles. The van der Waals surface area contributed by atoms with E-state index in [2.05, 4.69) is 34.5 Å². The smallest absolute Gasteiger partial charge is 0.338 e. The van der Waals surface area contributed by atoms with E-state index >= 15 is 0 Å². The Morgan fingerprint density at radius 3 is 2.72 bits per heavy atom. The summed E-state index contributed by atoms with van der Waals surface area (Å²) in [6.07, 6.45) is 2.43. The molecule has 0 amide bonds. The van der Waals surface area contributed by atoms with Gasteiger partial charge >= 0.3 is 5.97 Å². The summed E-state index contributed by atoms with van der Waals surface area (Å²) in [6, 6.07) is 7.81. The van der Waals surface area contributed by atoms with E-state index in [-0.39, 0.29) is 18.6 Å². The molecule has 7 heteroatoms. The number of anilines is 1. The Bertz CT molecular complexity index is 780. The number of hydrogen-bond acceptors (Lipinski definition) is 6. The lowest BCUT2D eigenvalue weighted by Crippen LogP contribution is -2.30. The van der Waals surface area contributed by atoms with Crippen LogP contribution in [0.5, 0.6) is 0 Å². The molecule has 1 atom stereocenters. The number of fused-ring (bicyclic) bond motifs is 1. The van der Waals surface area contributed by atoms with Crippen LogP contribution in [0.2, 0.25) is 0 Å². The monoisotopic (exact) mass is 342 g/mol. The highest BCUT2D eigenvalue weighted by Crippen LogP contribution is 2.35. The number of aryl methyl sites for hydroxylation is 1. The zero-order valence-electron chi connectivity index (χ0n) is 14.7. The zero-order valence-corrected chi connectivity index (χ0v) is 14.7. The number of rotatable bonds is 6. The molecule has 1 aliphatic heterocycles. The van der Waals surface area contributed by atoms with Crippen molar-refractivity contribution in [1.29, 1.82) is 0 Å². The fourth-order valence-electron chi connectivity index (χ4n) is 2.89. The summed E-state index contributed by atoms with van der Waals surface area (Å²) in [5, 5.41) is 7.42. The van der Waals surface area contributed by atoms with Gasteiger partial charge in [-0.3, -0.25) is 0 Å². The third-order valence-corrected chi connectivity index (χ3v) is 4.24. The van der Waals surface area contributed by atoms with Gasteiger partial charge in [0.1, 0.15) is 19.0 Å². The van der Waals surface area contributed by atoms with Gasteiger partial charge in [-0.1, -0.05) is 31.2 Å². The van der Waals surface area contributed by atoms with Gasteiger partial charge in [-0.2, -0.15) is 10.1 Å². The van der Waals surface area contributed by atoms with Gasteiger partial charge in [-0.15, -0.1) is 0 Å². The summed E-state index contributed by atoms with van der Waals surface area (Å²) >= 11 is 0. The van der Waals surface area contributed by atoms with Crippen LogP contribution in [-0.4, -0.2) is 41.1 Å². The van der Waals surface area contributed by atoms with Crippen molar-refractivity contribution < 1.29 is 14.3 Å². The number of carbonyl (C=O) groups excluding carboxylic acids is 1. The van der Waals surface area contributed by atoms with Gasteiger partial charge in [0.2, 0.25) is 5.95 Å². The SMILES string of the molecule is CCc1ccc([C@H]2C(C(=O)OCCOC)=C(C)Nc3ncnn32)cc1. The second-order valence-electron chi connectivity index (χ2n) is 5.82. The number of ether oxygens (including phenoxy) is 2. The lowest BCUT2D eigenvalue weighted by atomic mass is 9.95. The molecular formula is C18H22N4O3. The number of nitrogens with one attached hydrogen (secondary N) is 1. The summed E-state index contributed by atoms with van der Waals surface area (Å²) in [5.41, 5.74) is 3.44. The standard InChI is InChI=1S/C18H22N4O3/c1-4-13-5-7-14(8-6-13)16-15(17(23)25-10-9-24-3)12(2)21-18-19-11-20-22(16)18/h5-8,11,16H,4,9-10H2,1-3H3,(H,19,20,21)/t16-/m0/s1.